The number of nitrogen functional groups attached to an aromatic ring is 1. The molecule has 1 aliphatic rings. The fourth-order valence-electron chi connectivity index (χ4n) is 2.08. The van der Waals surface area contributed by atoms with E-state index in [9.17, 15) is 4.79 Å². The summed E-state index contributed by atoms with van der Waals surface area (Å²) in [5, 5.41) is 0.265. The van der Waals surface area contributed by atoms with Gasteiger partial charge in [-0.1, -0.05) is 0 Å². The monoisotopic (exact) mass is 375 g/mol. The number of ether oxygens (including phenoxy) is 2. The van der Waals surface area contributed by atoms with Crippen molar-refractivity contribution < 1.29 is 25.2 Å². The number of carbonyl (C=O) groups is 1. The van der Waals surface area contributed by atoms with Crippen LogP contribution in [0.15, 0.2) is 12.1 Å². The average molecular weight is 376 g/mol. The molecule has 0 radical (unpaired) electrons. The van der Waals surface area contributed by atoms with Gasteiger partial charge < -0.3 is 25.0 Å². The molecular weight excluding hydrogens is 346 g/mol. The first-order valence-electron chi connectivity index (χ1n) is 10.9. The van der Waals surface area contributed by atoms with Gasteiger partial charge in [0.25, 0.3) is 0 Å². The molecule has 1 aromatic heterocycles. The van der Waals surface area contributed by atoms with Gasteiger partial charge in [-0.2, -0.15) is 4.98 Å². The van der Waals surface area contributed by atoms with Gasteiger partial charge in [-0.05, 0) is 6.07 Å². The summed E-state index contributed by atoms with van der Waals surface area (Å²) in [7, 11) is 2.77. The zero-order valence-corrected chi connectivity index (χ0v) is 14.5. The average Bonchev–Trinajstić information content (AvgIpc) is 2.64. The van der Waals surface area contributed by atoms with Gasteiger partial charge in [-0.3, -0.25) is 4.79 Å². The van der Waals surface area contributed by atoms with Gasteiger partial charge in [0.15, 0.2) is 11.5 Å². The van der Waals surface area contributed by atoms with Crippen LogP contribution in [0.4, 0.5) is 11.8 Å². The molecule has 0 atom stereocenters. The summed E-state index contributed by atoms with van der Waals surface area (Å²) in [6.07, 6.45) is 0. The highest BCUT2D eigenvalue weighted by atomic mass is 35.5. The summed E-state index contributed by atoms with van der Waals surface area (Å²) in [5.74, 6) is -1.58. The molecule has 0 unspecified atom stereocenters. The summed E-state index contributed by atoms with van der Waals surface area (Å²) in [6.45, 7) is -12.4. The van der Waals surface area contributed by atoms with Crippen molar-refractivity contribution in [3.8, 4) is 11.5 Å². The number of benzene rings is 1. The van der Waals surface area contributed by atoms with Crippen molar-refractivity contribution in [3.63, 3.8) is 0 Å². The number of piperazine rings is 1. The Labute approximate surface area is 163 Å². The lowest BCUT2D eigenvalue weighted by molar-refractivity contribution is -0.129. The Hall–Kier alpha value is -2.48. The van der Waals surface area contributed by atoms with Gasteiger partial charge in [0.1, 0.15) is 5.82 Å². The van der Waals surface area contributed by atoms with Crippen molar-refractivity contribution in [2.75, 3.05) is 50.8 Å². The van der Waals surface area contributed by atoms with Crippen molar-refractivity contribution in [2.45, 2.75) is 6.92 Å². The van der Waals surface area contributed by atoms with Crippen molar-refractivity contribution in [1.82, 2.24) is 14.9 Å². The molecular formula is C16H22ClN5O3. The lowest BCUT2D eigenvalue weighted by Gasteiger charge is -2.34. The van der Waals surface area contributed by atoms with Crippen molar-refractivity contribution >= 4 is 41.0 Å². The Morgan fingerprint density at radius 3 is 2.32 bits per heavy atom. The zero-order chi connectivity index (χ0) is 24.4. The number of fused-ring (bicyclic) bond motifs is 1. The van der Waals surface area contributed by atoms with Crippen molar-refractivity contribution in [1.29, 1.82) is 0 Å². The largest absolute Gasteiger partial charge is 0.493 e. The molecule has 0 bridgehead atoms. The number of amides is 1. The Morgan fingerprint density at radius 2 is 1.76 bits per heavy atom. The van der Waals surface area contributed by atoms with Crippen LogP contribution in [0.1, 0.15) is 17.9 Å². The van der Waals surface area contributed by atoms with Crippen molar-refractivity contribution in [2.24, 2.45) is 0 Å². The van der Waals surface area contributed by atoms with Crippen LogP contribution in [-0.2, 0) is 4.79 Å². The van der Waals surface area contributed by atoms with Crippen LogP contribution < -0.4 is 20.1 Å². The first-order valence-corrected chi connectivity index (χ1v) is 6.86. The number of halogens is 1. The summed E-state index contributed by atoms with van der Waals surface area (Å²) >= 11 is 0. The Bertz CT molecular complexity index is 1080. The maximum Gasteiger partial charge on any atom is 0.228 e. The zero-order valence-electron chi connectivity index (χ0n) is 21.7. The minimum atomic E-state index is -3.31. The predicted molar refractivity (Wildman–Crippen MR) is 98.8 cm³/mol. The number of nitrogens with two attached hydrogens (primary N) is 1. The van der Waals surface area contributed by atoms with E-state index in [-0.39, 0.29) is 44.7 Å². The number of methoxy groups -OCH3 is 2. The van der Waals surface area contributed by atoms with E-state index >= 15 is 0 Å². The highest BCUT2D eigenvalue weighted by molar-refractivity contribution is 5.91. The van der Waals surface area contributed by atoms with Gasteiger partial charge in [0.2, 0.25) is 11.9 Å². The SMILES string of the molecule is Cl.[2H]C1([2H])N(C(C)=O)C([2H])([2H])C([2H])([2H])N(c2nc(N)c3cc(OC)c(OC)cc3n2)C1([2H])[2H]. The van der Waals surface area contributed by atoms with E-state index in [1.165, 1.54) is 26.4 Å². The smallest absolute Gasteiger partial charge is 0.228 e. The Kier molecular flexibility index (Phi) is 3.19. The fraction of sp³-hybridized carbons (Fsp3) is 0.438. The molecule has 9 heteroatoms. The standard InChI is InChI=1S/C16H21N5O3.ClH/c1-10(22)20-4-6-21(7-5-20)16-18-12-9-14(24-3)13(23-2)8-11(12)15(17)19-16;/h8-9H,4-7H2,1-3H3,(H2,17,18,19);1H/i4D2,5D2,6D2,7D2;. The van der Waals surface area contributed by atoms with E-state index in [2.05, 4.69) is 9.97 Å². The van der Waals surface area contributed by atoms with E-state index in [1.54, 1.807) is 0 Å². The lowest BCUT2D eigenvalue weighted by atomic mass is 10.2. The number of nitrogens with zero attached hydrogens (tertiary/aromatic N) is 4. The number of anilines is 2. The van der Waals surface area contributed by atoms with Crippen LogP contribution in [0.3, 0.4) is 0 Å². The maximum atomic E-state index is 12.0. The quantitative estimate of drug-likeness (QED) is 0.864. The summed E-state index contributed by atoms with van der Waals surface area (Å²) in [5.41, 5.74) is 6.09. The highest BCUT2D eigenvalue weighted by Crippen LogP contribution is 2.34. The molecule has 2 heterocycles. The Morgan fingerprint density at radius 1 is 1.16 bits per heavy atom. The molecule has 0 saturated carbocycles. The first-order chi connectivity index (χ1) is 14.6. The molecule has 1 amide bonds. The van der Waals surface area contributed by atoms with Crippen LogP contribution >= 0.6 is 12.4 Å². The van der Waals surface area contributed by atoms with E-state index in [0.29, 0.717) is 5.75 Å². The predicted octanol–water partition coefficient (Wildman–Crippen LogP) is 1.32. The van der Waals surface area contributed by atoms with Gasteiger partial charge in [-0.15, -0.1) is 12.4 Å². The van der Waals surface area contributed by atoms with E-state index in [0.717, 1.165) is 6.92 Å². The molecule has 0 aliphatic carbocycles. The molecule has 0 spiro atoms. The molecule has 1 aromatic carbocycles. The molecule has 1 aliphatic heterocycles. The number of aromatic nitrogens is 2. The third-order valence-corrected chi connectivity index (χ3v) is 3.28. The second-order valence-corrected chi connectivity index (χ2v) is 4.77. The molecule has 3 rings (SSSR count). The van der Waals surface area contributed by atoms with Crippen LogP contribution in [0, 0.1) is 0 Å². The minimum Gasteiger partial charge on any atom is -0.493 e. The van der Waals surface area contributed by atoms with Crippen LogP contribution in [0.2, 0.25) is 0 Å². The molecule has 136 valence electrons. The number of hydrogen-bond acceptors (Lipinski definition) is 7. The number of rotatable bonds is 3. The molecule has 2 aromatic rings. The van der Waals surface area contributed by atoms with Gasteiger partial charge >= 0.3 is 0 Å². The summed E-state index contributed by atoms with van der Waals surface area (Å²) in [4.78, 5) is 20.1. The summed E-state index contributed by atoms with van der Waals surface area (Å²) in [6, 6.07) is 2.85. The molecule has 8 nitrogen and oxygen atoms in total. The molecule has 1 fully saturated rings. The molecule has 1 saturated heterocycles. The van der Waals surface area contributed by atoms with Gasteiger partial charge in [0, 0.05) is 44.4 Å². The van der Waals surface area contributed by atoms with Gasteiger partial charge in [0.05, 0.1) is 30.7 Å². The fourth-order valence-corrected chi connectivity index (χ4v) is 2.08. The second kappa shape index (κ2) is 7.60. The molecule has 25 heavy (non-hydrogen) atoms. The lowest BCUT2D eigenvalue weighted by Crippen LogP contribution is -2.48. The number of hydrogen-bond donors (Lipinski definition) is 1. The first kappa shape index (κ1) is 10.5. The second-order valence-electron chi connectivity index (χ2n) is 4.77. The van der Waals surface area contributed by atoms with Crippen LogP contribution in [0.25, 0.3) is 10.9 Å². The Balaban J connectivity index is 0.00000385. The van der Waals surface area contributed by atoms with Gasteiger partial charge in [-0.25, -0.2) is 4.98 Å². The van der Waals surface area contributed by atoms with Crippen molar-refractivity contribution in [3.05, 3.63) is 12.1 Å². The normalized spacial score (nSPS) is 27.0. The topological polar surface area (TPSA) is 93.8 Å². The van der Waals surface area contributed by atoms with Crippen LogP contribution in [-0.4, -0.2) is 61.0 Å². The summed E-state index contributed by atoms with van der Waals surface area (Å²) < 4.78 is 76.6. The third-order valence-electron chi connectivity index (χ3n) is 3.28. The highest BCUT2D eigenvalue weighted by Gasteiger charge is 2.21. The van der Waals surface area contributed by atoms with E-state index < -0.39 is 37.8 Å². The van der Waals surface area contributed by atoms with Crippen LogP contribution in [0.5, 0.6) is 11.5 Å². The maximum absolute atomic E-state index is 12.0. The molecule has 2 N–H and O–H groups in total. The number of carbonyl (C=O) groups excluding carboxylic acids is 1. The third kappa shape index (κ3) is 3.63. The van der Waals surface area contributed by atoms with E-state index in [1.807, 2.05) is 0 Å². The minimum absolute atomic E-state index is 0. The van der Waals surface area contributed by atoms with E-state index in [4.69, 9.17) is 26.2 Å².